The molecule has 0 bridgehead atoms. The van der Waals surface area contributed by atoms with E-state index in [0.717, 1.165) is 11.4 Å². The van der Waals surface area contributed by atoms with Crippen molar-refractivity contribution >= 4 is 28.2 Å². The number of hydrogen-bond acceptors (Lipinski definition) is 2. The fourth-order valence-corrected chi connectivity index (χ4v) is 3.43. The molecular weight excluding hydrogens is 262 g/mol. The van der Waals surface area contributed by atoms with Gasteiger partial charge in [0.05, 0.1) is 0 Å². The summed E-state index contributed by atoms with van der Waals surface area (Å²) >= 11 is 1.85. The molecule has 0 spiro atoms. The second kappa shape index (κ2) is 5.59. The monoisotopic (exact) mass is 279 g/mol. The summed E-state index contributed by atoms with van der Waals surface area (Å²) in [5, 5.41) is 2.64. The van der Waals surface area contributed by atoms with Crippen LogP contribution >= 0.6 is 11.8 Å². The first kappa shape index (κ1) is 13.1. The van der Waals surface area contributed by atoms with E-state index < -0.39 is 0 Å². The molecule has 3 aromatic rings. The molecule has 0 saturated heterocycles. The van der Waals surface area contributed by atoms with Gasteiger partial charge in [0, 0.05) is 16.3 Å². The van der Waals surface area contributed by atoms with Crippen molar-refractivity contribution in [3.05, 3.63) is 71.8 Å². The Morgan fingerprint density at radius 1 is 0.900 bits per heavy atom. The number of thioether (sulfide) groups is 1. The van der Waals surface area contributed by atoms with Crippen LogP contribution in [0.2, 0.25) is 0 Å². The molecule has 0 aliphatic heterocycles. The van der Waals surface area contributed by atoms with Crippen molar-refractivity contribution in [1.29, 1.82) is 0 Å². The number of rotatable bonds is 3. The SMILES string of the molecule is Cc1c(N)cccc1SCc1cccc2ccccc12. The van der Waals surface area contributed by atoms with E-state index in [9.17, 15) is 0 Å². The van der Waals surface area contributed by atoms with Crippen molar-refractivity contribution in [2.24, 2.45) is 0 Å². The van der Waals surface area contributed by atoms with Crippen LogP contribution in [-0.2, 0) is 5.75 Å². The Bertz CT molecular complexity index is 744. The van der Waals surface area contributed by atoms with Crippen molar-refractivity contribution in [3.63, 3.8) is 0 Å². The Morgan fingerprint density at radius 2 is 1.65 bits per heavy atom. The van der Waals surface area contributed by atoms with Crippen molar-refractivity contribution in [2.45, 2.75) is 17.6 Å². The molecule has 2 N–H and O–H groups in total. The van der Waals surface area contributed by atoms with E-state index in [0.29, 0.717) is 0 Å². The van der Waals surface area contributed by atoms with Crippen LogP contribution in [0.15, 0.2) is 65.6 Å². The van der Waals surface area contributed by atoms with Crippen LogP contribution in [0.25, 0.3) is 10.8 Å². The van der Waals surface area contributed by atoms with Gasteiger partial charge in [0.25, 0.3) is 0 Å². The van der Waals surface area contributed by atoms with Crippen LogP contribution in [0.3, 0.4) is 0 Å². The zero-order chi connectivity index (χ0) is 13.9. The fourth-order valence-electron chi connectivity index (χ4n) is 2.36. The highest BCUT2D eigenvalue weighted by Gasteiger charge is 2.04. The van der Waals surface area contributed by atoms with Gasteiger partial charge in [0.2, 0.25) is 0 Å². The molecule has 0 heterocycles. The van der Waals surface area contributed by atoms with E-state index in [1.54, 1.807) is 0 Å². The lowest BCUT2D eigenvalue weighted by atomic mass is 10.1. The summed E-state index contributed by atoms with van der Waals surface area (Å²) in [6.45, 7) is 2.08. The van der Waals surface area contributed by atoms with Crippen molar-refractivity contribution in [1.82, 2.24) is 0 Å². The highest BCUT2D eigenvalue weighted by molar-refractivity contribution is 7.98. The number of hydrogen-bond donors (Lipinski definition) is 1. The maximum Gasteiger partial charge on any atom is 0.0354 e. The van der Waals surface area contributed by atoms with Crippen molar-refractivity contribution in [3.8, 4) is 0 Å². The van der Waals surface area contributed by atoms with Gasteiger partial charge in [-0.15, -0.1) is 11.8 Å². The minimum Gasteiger partial charge on any atom is -0.398 e. The summed E-state index contributed by atoms with van der Waals surface area (Å²) in [5.74, 6) is 0.964. The first-order valence-corrected chi connectivity index (χ1v) is 7.69. The number of benzene rings is 3. The third kappa shape index (κ3) is 2.52. The molecule has 0 atom stereocenters. The lowest BCUT2D eigenvalue weighted by molar-refractivity contribution is 1.30. The molecule has 0 aliphatic rings. The summed E-state index contributed by atoms with van der Waals surface area (Å²) < 4.78 is 0. The number of nitrogen functional groups attached to an aromatic ring is 1. The number of nitrogens with two attached hydrogens (primary N) is 1. The normalized spacial score (nSPS) is 10.8. The zero-order valence-corrected chi connectivity index (χ0v) is 12.3. The van der Waals surface area contributed by atoms with Gasteiger partial charge in [-0.3, -0.25) is 0 Å². The van der Waals surface area contributed by atoms with Gasteiger partial charge in [-0.25, -0.2) is 0 Å². The highest BCUT2D eigenvalue weighted by atomic mass is 32.2. The lowest BCUT2D eigenvalue weighted by Crippen LogP contribution is -1.91. The summed E-state index contributed by atoms with van der Waals surface area (Å²) in [5.41, 5.74) is 9.38. The third-order valence-corrected chi connectivity index (χ3v) is 4.80. The maximum atomic E-state index is 5.97. The standard InChI is InChI=1S/C18H17NS/c1-13-17(19)10-5-11-18(13)20-12-15-8-4-7-14-6-2-3-9-16(14)15/h2-11H,12,19H2,1H3. The summed E-state index contributed by atoms with van der Waals surface area (Å²) in [4.78, 5) is 1.26. The van der Waals surface area contributed by atoms with Gasteiger partial charge in [0.1, 0.15) is 0 Å². The van der Waals surface area contributed by atoms with Crippen LogP contribution in [0, 0.1) is 6.92 Å². The van der Waals surface area contributed by atoms with Crippen LogP contribution in [0.4, 0.5) is 5.69 Å². The molecule has 0 saturated carbocycles. The van der Waals surface area contributed by atoms with E-state index in [1.165, 1.54) is 26.8 Å². The molecular formula is C18H17NS. The largest absolute Gasteiger partial charge is 0.398 e. The van der Waals surface area contributed by atoms with Gasteiger partial charge >= 0.3 is 0 Å². The van der Waals surface area contributed by atoms with Crippen molar-refractivity contribution < 1.29 is 0 Å². The molecule has 3 rings (SSSR count). The minimum absolute atomic E-state index is 0.868. The highest BCUT2D eigenvalue weighted by Crippen LogP contribution is 2.31. The fraction of sp³-hybridized carbons (Fsp3) is 0.111. The molecule has 0 fully saturated rings. The molecule has 0 radical (unpaired) electrons. The quantitative estimate of drug-likeness (QED) is 0.538. The van der Waals surface area contributed by atoms with E-state index in [-0.39, 0.29) is 0 Å². The lowest BCUT2D eigenvalue weighted by Gasteiger charge is -2.09. The average molecular weight is 279 g/mol. The Morgan fingerprint density at radius 3 is 2.55 bits per heavy atom. The second-order valence-corrected chi connectivity index (χ2v) is 5.91. The van der Waals surface area contributed by atoms with Crippen LogP contribution in [-0.4, -0.2) is 0 Å². The van der Waals surface area contributed by atoms with Gasteiger partial charge in [-0.2, -0.15) is 0 Å². The molecule has 2 heteroatoms. The first-order valence-electron chi connectivity index (χ1n) is 6.70. The minimum atomic E-state index is 0.868. The molecule has 1 nitrogen and oxygen atoms in total. The zero-order valence-electron chi connectivity index (χ0n) is 11.5. The number of anilines is 1. The third-order valence-electron chi connectivity index (χ3n) is 3.59. The van der Waals surface area contributed by atoms with E-state index in [4.69, 9.17) is 5.73 Å². The van der Waals surface area contributed by atoms with Gasteiger partial charge in [0.15, 0.2) is 0 Å². The summed E-state index contributed by atoms with van der Waals surface area (Å²) in [6, 6.07) is 21.2. The molecule has 0 unspecified atom stereocenters. The second-order valence-electron chi connectivity index (χ2n) is 4.90. The smallest absolute Gasteiger partial charge is 0.0354 e. The molecule has 100 valence electrons. The topological polar surface area (TPSA) is 26.0 Å². The van der Waals surface area contributed by atoms with Crippen LogP contribution in [0.1, 0.15) is 11.1 Å². The average Bonchev–Trinajstić information content (AvgIpc) is 2.49. The molecule has 20 heavy (non-hydrogen) atoms. The molecule has 0 aromatic heterocycles. The Hall–Kier alpha value is -1.93. The van der Waals surface area contributed by atoms with Crippen molar-refractivity contribution in [2.75, 3.05) is 5.73 Å². The van der Waals surface area contributed by atoms with Gasteiger partial charge < -0.3 is 5.73 Å². The molecule has 3 aromatic carbocycles. The molecule has 0 amide bonds. The van der Waals surface area contributed by atoms with Gasteiger partial charge in [-0.1, -0.05) is 48.5 Å². The Labute approximate surface area is 123 Å². The maximum absolute atomic E-state index is 5.97. The predicted molar refractivity (Wildman–Crippen MR) is 89.1 cm³/mol. The van der Waals surface area contributed by atoms with E-state index in [2.05, 4.69) is 55.5 Å². The number of fused-ring (bicyclic) bond motifs is 1. The predicted octanol–water partition coefficient (Wildman–Crippen LogP) is 5.02. The molecule has 0 aliphatic carbocycles. The van der Waals surface area contributed by atoms with E-state index in [1.807, 2.05) is 23.9 Å². The summed E-state index contributed by atoms with van der Waals surface area (Å²) in [7, 11) is 0. The Kier molecular flexibility index (Phi) is 3.66. The van der Waals surface area contributed by atoms with E-state index >= 15 is 0 Å². The van der Waals surface area contributed by atoms with Crippen LogP contribution < -0.4 is 5.73 Å². The van der Waals surface area contributed by atoms with Crippen LogP contribution in [0.5, 0.6) is 0 Å². The van der Waals surface area contributed by atoms with Gasteiger partial charge in [-0.05, 0) is 41.0 Å². The first-order chi connectivity index (χ1) is 9.75. The Balaban J connectivity index is 1.89. The summed E-state index contributed by atoms with van der Waals surface area (Å²) in [6.07, 6.45) is 0.